The molecule has 2 heterocycles. The van der Waals surface area contributed by atoms with Crippen molar-refractivity contribution in [2.24, 2.45) is 11.8 Å². The van der Waals surface area contributed by atoms with Crippen LogP contribution in [0.25, 0.3) is 0 Å². The standard InChI is InChI=1S/C20H30N4O2.2C2H6/c1-2-17-11-9-15(19(22)23-17)6-4-3-5-14(13-25)7-8-16-10-12-18(21)24-20(16)26;2*1-2/h9-12,14,16,25H,2-8,13H2,1H3,(H2,22,23)(H2,21,24,26);2*1-2H3. The molecule has 0 fully saturated rings. The van der Waals surface area contributed by atoms with Crippen molar-refractivity contribution in [3.8, 4) is 0 Å². The molecular formula is C24H42N4O2. The molecule has 170 valence electrons. The number of carbonyl (C=O) groups excluding carboxylic acids is 1. The second kappa shape index (κ2) is 16.6. The van der Waals surface area contributed by atoms with Crippen molar-refractivity contribution in [1.29, 1.82) is 5.41 Å². The van der Waals surface area contributed by atoms with Gasteiger partial charge in [-0.1, -0.05) is 53.2 Å². The number of pyridine rings is 1. The van der Waals surface area contributed by atoms with E-state index < -0.39 is 0 Å². The summed E-state index contributed by atoms with van der Waals surface area (Å²) >= 11 is 0. The molecule has 0 bridgehead atoms. The summed E-state index contributed by atoms with van der Waals surface area (Å²) in [4.78, 5) is 16.2. The fourth-order valence-corrected chi connectivity index (χ4v) is 3.24. The molecule has 0 radical (unpaired) electrons. The first-order chi connectivity index (χ1) is 14.5. The molecule has 0 saturated carbocycles. The van der Waals surface area contributed by atoms with Gasteiger partial charge in [0.05, 0.1) is 5.92 Å². The number of nitrogens with two attached hydrogens (primary N) is 1. The lowest BCUT2D eigenvalue weighted by atomic mass is 9.90. The summed E-state index contributed by atoms with van der Waals surface area (Å²) in [5, 5.41) is 19.5. The number of amidine groups is 1. The van der Waals surface area contributed by atoms with Crippen LogP contribution < -0.4 is 11.1 Å². The Balaban J connectivity index is 0.00000198. The Bertz CT molecular complexity index is 659. The SMILES string of the molecule is CC.CC.CCc1ccc(CCCCC(CO)CCC2C=CC(=N)NC2=O)c(N)n1. The van der Waals surface area contributed by atoms with Gasteiger partial charge in [-0.15, -0.1) is 0 Å². The van der Waals surface area contributed by atoms with Gasteiger partial charge in [0, 0.05) is 12.3 Å². The molecule has 1 aromatic heterocycles. The topological polar surface area (TPSA) is 112 Å². The number of aromatic nitrogens is 1. The van der Waals surface area contributed by atoms with Crippen LogP contribution in [0.2, 0.25) is 0 Å². The lowest BCUT2D eigenvalue weighted by Crippen LogP contribution is -2.37. The van der Waals surface area contributed by atoms with E-state index in [0.717, 1.165) is 49.8 Å². The van der Waals surface area contributed by atoms with Crippen LogP contribution in [0.5, 0.6) is 0 Å². The minimum atomic E-state index is -0.193. The summed E-state index contributed by atoms with van der Waals surface area (Å²) in [5.41, 5.74) is 8.12. The number of aliphatic hydroxyl groups is 1. The van der Waals surface area contributed by atoms with Gasteiger partial charge in [0.15, 0.2) is 0 Å². The minimum absolute atomic E-state index is 0.118. The van der Waals surface area contributed by atoms with Crippen LogP contribution in [-0.2, 0) is 17.6 Å². The van der Waals surface area contributed by atoms with Gasteiger partial charge < -0.3 is 16.2 Å². The summed E-state index contributed by atoms with van der Waals surface area (Å²) < 4.78 is 0. The average Bonchev–Trinajstić information content (AvgIpc) is 2.78. The van der Waals surface area contributed by atoms with Crippen molar-refractivity contribution in [2.45, 2.75) is 79.6 Å². The number of amides is 1. The molecule has 1 aliphatic rings. The first-order valence-corrected chi connectivity index (χ1v) is 11.5. The number of rotatable bonds is 10. The largest absolute Gasteiger partial charge is 0.396 e. The van der Waals surface area contributed by atoms with Gasteiger partial charge in [0.2, 0.25) is 5.91 Å². The van der Waals surface area contributed by atoms with E-state index >= 15 is 0 Å². The van der Waals surface area contributed by atoms with Crippen LogP contribution in [0.4, 0.5) is 5.82 Å². The van der Waals surface area contributed by atoms with Crippen molar-refractivity contribution >= 4 is 17.6 Å². The van der Waals surface area contributed by atoms with E-state index in [-0.39, 0.29) is 30.2 Å². The molecule has 2 atom stereocenters. The van der Waals surface area contributed by atoms with Crippen LogP contribution in [0.3, 0.4) is 0 Å². The smallest absolute Gasteiger partial charge is 0.232 e. The second-order valence-electron chi connectivity index (χ2n) is 6.94. The number of hydrogen-bond donors (Lipinski definition) is 4. The number of nitrogens with zero attached hydrogens (tertiary/aromatic N) is 1. The Labute approximate surface area is 182 Å². The van der Waals surface area contributed by atoms with Gasteiger partial charge in [-0.3, -0.25) is 10.2 Å². The first kappa shape index (κ1) is 27.8. The average molecular weight is 419 g/mol. The summed E-state index contributed by atoms with van der Waals surface area (Å²) in [6.07, 6.45) is 9.66. The molecule has 1 amide bonds. The normalized spacial score (nSPS) is 16.0. The number of nitrogen functional groups attached to an aromatic ring is 1. The molecule has 6 nitrogen and oxygen atoms in total. The lowest BCUT2D eigenvalue weighted by molar-refractivity contribution is -0.122. The van der Waals surface area contributed by atoms with Crippen LogP contribution in [-0.4, -0.2) is 28.4 Å². The molecule has 0 spiro atoms. The number of aryl methyl sites for hydroxylation is 2. The van der Waals surface area contributed by atoms with Crippen molar-refractivity contribution in [3.05, 3.63) is 35.5 Å². The molecule has 1 aromatic rings. The van der Waals surface area contributed by atoms with E-state index in [0.29, 0.717) is 12.2 Å². The number of nitrogens with one attached hydrogen (secondary N) is 2. The van der Waals surface area contributed by atoms with E-state index in [1.54, 1.807) is 12.2 Å². The van der Waals surface area contributed by atoms with Gasteiger partial charge >= 0.3 is 0 Å². The molecule has 2 unspecified atom stereocenters. The molecule has 0 aromatic carbocycles. The predicted octanol–water partition coefficient (Wildman–Crippen LogP) is 4.66. The second-order valence-corrected chi connectivity index (χ2v) is 6.94. The molecule has 2 rings (SSSR count). The van der Waals surface area contributed by atoms with Gasteiger partial charge in [0.1, 0.15) is 11.7 Å². The molecule has 30 heavy (non-hydrogen) atoms. The Hall–Kier alpha value is -2.21. The molecule has 0 aliphatic carbocycles. The van der Waals surface area contributed by atoms with Gasteiger partial charge in [0.25, 0.3) is 0 Å². The van der Waals surface area contributed by atoms with Crippen LogP contribution >= 0.6 is 0 Å². The van der Waals surface area contributed by atoms with E-state index in [1.807, 2.05) is 33.8 Å². The molecular weight excluding hydrogens is 376 g/mol. The third kappa shape index (κ3) is 10.0. The van der Waals surface area contributed by atoms with E-state index in [1.165, 1.54) is 0 Å². The van der Waals surface area contributed by atoms with Crippen molar-refractivity contribution in [3.63, 3.8) is 0 Å². The fourth-order valence-electron chi connectivity index (χ4n) is 3.24. The maximum Gasteiger partial charge on any atom is 0.232 e. The van der Waals surface area contributed by atoms with Crippen molar-refractivity contribution in [1.82, 2.24) is 10.3 Å². The number of unbranched alkanes of at least 4 members (excludes halogenated alkanes) is 1. The third-order valence-electron chi connectivity index (χ3n) is 4.97. The lowest BCUT2D eigenvalue weighted by Gasteiger charge is -2.20. The van der Waals surface area contributed by atoms with Gasteiger partial charge in [-0.2, -0.15) is 0 Å². The van der Waals surface area contributed by atoms with Crippen LogP contribution in [0.15, 0.2) is 24.3 Å². The zero-order valence-corrected chi connectivity index (χ0v) is 19.5. The molecule has 6 heteroatoms. The van der Waals surface area contributed by atoms with Crippen molar-refractivity contribution in [2.75, 3.05) is 12.3 Å². The van der Waals surface area contributed by atoms with E-state index in [2.05, 4.69) is 23.3 Å². The highest BCUT2D eigenvalue weighted by Crippen LogP contribution is 2.21. The first-order valence-electron chi connectivity index (χ1n) is 11.5. The highest BCUT2D eigenvalue weighted by Gasteiger charge is 2.21. The highest BCUT2D eigenvalue weighted by molar-refractivity contribution is 6.06. The highest BCUT2D eigenvalue weighted by atomic mass is 16.3. The van der Waals surface area contributed by atoms with Crippen LogP contribution in [0.1, 0.15) is 78.0 Å². The van der Waals surface area contributed by atoms with E-state index in [4.69, 9.17) is 11.1 Å². The Kier molecular flexibility index (Phi) is 15.4. The van der Waals surface area contributed by atoms with Gasteiger partial charge in [-0.05, 0) is 62.1 Å². The Morgan fingerprint density at radius 3 is 2.47 bits per heavy atom. The third-order valence-corrected chi connectivity index (χ3v) is 4.97. The zero-order chi connectivity index (χ0) is 22.9. The van der Waals surface area contributed by atoms with E-state index in [9.17, 15) is 9.90 Å². The van der Waals surface area contributed by atoms with Crippen LogP contribution in [0, 0.1) is 17.2 Å². The number of aliphatic hydroxyl groups excluding tert-OH is 1. The quantitative estimate of drug-likeness (QED) is 0.414. The fraction of sp³-hybridized carbons (Fsp3) is 0.625. The molecule has 5 N–H and O–H groups in total. The summed E-state index contributed by atoms with van der Waals surface area (Å²) in [5.74, 6) is 0.665. The minimum Gasteiger partial charge on any atom is -0.396 e. The summed E-state index contributed by atoms with van der Waals surface area (Å²) in [6.45, 7) is 10.2. The number of anilines is 1. The summed E-state index contributed by atoms with van der Waals surface area (Å²) in [7, 11) is 0. The Morgan fingerprint density at radius 2 is 1.90 bits per heavy atom. The molecule has 1 aliphatic heterocycles. The monoisotopic (exact) mass is 418 g/mol. The predicted molar refractivity (Wildman–Crippen MR) is 127 cm³/mol. The molecule has 0 saturated heterocycles. The zero-order valence-electron chi connectivity index (χ0n) is 19.5. The van der Waals surface area contributed by atoms with Crippen molar-refractivity contribution < 1.29 is 9.90 Å². The maximum absolute atomic E-state index is 11.8. The number of hydrogen-bond acceptors (Lipinski definition) is 5. The summed E-state index contributed by atoms with van der Waals surface area (Å²) in [6, 6.07) is 4.10. The number of carbonyl (C=O) groups is 1. The van der Waals surface area contributed by atoms with Gasteiger partial charge in [-0.25, -0.2) is 4.98 Å². The Morgan fingerprint density at radius 1 is 1.20 bits per heavy atom. The maximum atomic E-state index is 11.8.